The zero-order valence-electron chi connectivity index (χ0n) is 8.35. The third kappa shape index (κ3) is 2.03. The SMILES string of the molecule is O=Cc1cncn1CCC1CCCC1. The van der Waals surface area contributed by atoms with Crippen LogP contribution in [0.3, 0.4) is 0 Å². The molecule has 1 aliphatic carbocycles. The van der Waals surface area contributed by atoms with Gasteiger partial charge in [0.25, 0.3) is 0 Å². The minimum absolute atomic E-state index is 0.697. The maximum atomic E-state index is 10.6. The van der Waals surface area contributed by atoms with Gasteiger partial charge in [-0.2, -0.15) is 0 Å². The van der Waals surface area contributed by atoms with E-state index in [1.54, 1.807) is 12.5 Å². The Morgan fingerprint density at radius 1 is 1.50 bits per heavy atom. The van der Waals surface area contributed by atoms with Gasteiger partial charge in [0.05, 0.1) is 12.5 Å². The summed E-state index contributed by atoms with van der Waals surface area (Å²) >= 11 is 0. The highest BCUT2D eigenvalue weighted by Crippen LogP contribution is 2.27. The third-order valence-corrected chi connectivity index (χ3v) is 3.12. The van der Waals surface area contributed by atoms with E-state index in [1.807, 2.05) is 4.57 Å². The molecule has 0 spiro atoms. The first-order valence-electron chi connectivity index (χ1n) is 5.35. The quantitative estimate of drug-likeness (QED) is 0.686. The van der Waals surface area contributed by atoms with Gasteiger partial charge in [0.2, 0.25) is 0 Å². The van der Waals surface area contributed by atoms with Crippen LogP contribution in [0.5, 0.6) is 0 Å². The van der Waals surface area contributed by atoms with E-state index in [2.05, 4.69) is 4.98 Å². The maximum absolute atomic E-state index is 10.6. The van der Waals surface area contributed by atoms with Crippen LogP contribution in [0.25, 0.3) is 0 Å². The van der Waals surface area contributed by atoms with Crippen molar-refractivity contribution in [2.45, 2.75) is 38.6 Å². The second-order valence-electron chi connectivity index (χ2n) is 4.07. The second kappa shape index (κ2) is 4.40. The first kappa shape index (κ1) is 9.44. The number of aldehydes is 1. The molecule has 76 valence electrons. The third-order valence-electron chi connectivity index (χ3n) is 3.12. The smallest absolute Gasteiger partial charge is 0.168 e. The molecule has 0 radical (unpaired) electrons. The molecular formula is C11H16N2O. The molecule has 1 heterocycles. The fraction of sp³-hybridized carbons (Fsp3) is 0.636. The lowest BCUT2D eigenvalue weighted by molar-refractivity contribution is 0.111. The van der Waals surface area contributed by atoms with Crippen LogP contribution in [0.1, 0.15) is 42.6 Å². The van der Waals surface area contributed by atoms with Gasteiger partial charge in [-0.3, -0.25) is 4.79 Å². The molecule has 0 atom stereocenters. The highest BCUT2D eigenvalue weighted by Gasteiger charge is 2.14. The summed E-state index contributed by atoms with van der Waals surface area (Å²) in [5.41, 5.74) is 0.697. The Hall–Kier alpha value is -1.12. The molecular weight excluding hydrogens is 176 g/mol. The van der Waals surface area contributed by atoms with Gasteiger partial charge in [0.1, 0.15) is 5.69 Å². The van der Waals surface area contributed by atoms with Gasteiger partial charge < -0.3 is 4.57 Å². The van der Waals surface area contributed by atoms with Crippen LogP contribution in [0, 0.1) is 5.92 Å². The van der Waals surface area contributed by atoms with Gasteiger partial charge in [0.15, 0.2) is 6.29 Å². The number of aryl methyl sites for hydroxylation is 1. The number of hydrogen-bond acceptors (Lipinski definition) is 2. The van der Waals surface area contributed by atoms with Crippen LogP contribution in [0.4, 0.5) is 0 Å². The Bertz CT molecular complexity index is 300. The van der Waals surface area contributed by atoms with Gasteiger partial charge >= 0.3 is 0 Å². The number of rotatable bonds is 4. The molecule has 14 heavy (non-hydrogen) atoms. The molecule has 0 N–H and O–H groups in total. The van der Waals surface area contributed by atoms with Crippen molar-refractivity contribution in [3.8, 4) is 0 Å². The molecule has 1 aromatic heterocycles. The predicted octanol–water partition coefficient (Wildman–Crippen LogP) is 2.28. The van der Waals surface area contributed by atoms with Crippen LogP contribution in [-0.4, -0.2) is 15.8 Å². The molecule has 1 saturated carbocycles. The van der Waals surface area contributed by atoms with Crippen molar-refractivity contribution in [3.05, 3.63) is 18.2 Å². The molecule has 0 amide bonds. The Balaban J connectivity index is 1.87. The van der Waals surface area contributed by atoms with Gasteiger partial charge in [-0.05, 0) is 12.3 Å². The number of aromatic nitrogens is 2. The molecule has 0 bridgehead atoms. The number of carbonyl (C=O) groups is 1. The van der Waals surface area contributed by atoms with Crippen LogP contribution in [-0.2, 0) is 6.54 Å². The first-order valence-corrected chi connectivity index (χ1v) is 5.35. The van der Waals surface area contributed by atoms with Gasteiger partial charge in [-0.1, -0.05) is 25.7 Å². The fourth-order valence-electron chi connectivity index (χ4n) is 2.24. The molecule has 0 saturated heterocycles. The number of imidazole rings is 1. The highest BCUT2D eigenvalue weighted by molar-refractivity contribution is 5.71. The molecule has 3 nitrogen and oxygen atoms in total. The summed E-state index contributed by atoms with van der Waals surface area (Å²) in [7, 11) is 0. The van der Waals surface area contributed by atoms with Crippen molar-refractivity contribution >= 4 is 6.29 Å². The summed E-state index contributed by atoms with van der Waals surface area (Å²) in [6, 6.07) is 0. The monoisotopic (exact) mass is 192 g/mol. The van der Waals surface area contributed by atoms with Crippen LogP contribution < -0.4 is 0 Å². The van der Waals surface area contributed by atoms with E-state index < -0.39 is 0 Å². The van der Waals surface area contributed by atoms with E-state index in [0.29, 0.717) is 5.69 Å². The molecule has 0 aromatic carbocycles. The average molecular weight is 192 g/mol. The second-order valence-corrected chi connectivity index (χ2v) is 4.07. The van der Waals surface area contributed by atoms with Crippen LogP contribution in [0.15, 0.2) is 12.5 Å². The standard InChI is InChI=1S/C11H16N2O/c14-8-11-7-12-9-13(11)6-5-10-3-1-2-4-10/h7-10H,1-6H2. The van der Waals surface area contributed by atoms with Crippen molar-refractivity contribution in [1.82, 2.24) is 9.55 Å². The Morgan fingerprint density at radius 3 is 3.00 bits per heavy atom. The Labute approximate surface area is 84.1 Å². The zero-order valence-corrected chi connectivity index (χ0v) is 8.35. The van der Waals surface area contributed by atoms with E-state index in [1.165, 1.54) is 32.1 Å². The lowest BCUT2D eigenvalue weighted by Crippen LogP contribution is -2.05. The van der Waals surface area contributed by atoms with E-state index in [9.17, 15) is 4.79 Å². The summed E-state index contributed by atoms with van der Waals surface area (Å²) in [6.07, 6.45) is 10.9. The molecule has 2 rings (SSSR count). The molecule has 1 fully saturated rings. The summed E-state index contributed by atoms with van der Waals surface area (Å²) in [5.74, 6) is 0.872. The summed E-state index contributed by atoms with van der Waals surface area (Å²) in [6.45, 7) is 0.943. The van der Waals surface area contributed by atoms with Gasteiger partial charge in [0, 0.05) is 6.54 Å². The topological polar surface area (TPSA) is 34.9 Å². The lowest BCUT2D eigenvalue weighted by Gasteiger charge is -2.09. The molecule has 3 heteroatoms. The van der Waals surface area contributed by atoms with Crippen molar-refractivity contribution in [2.75, 3.05) is 0 Å². The normalized spacial score (nSPS) is 17.4. The molecule has 0 unspecified atom stereocenters. The number of nitrogens with zero attached hydrogens (tertiary/aromatic N) is 2. The number of carbonyl (C=O) groups excluding carboxylic acids is 1. The Kier molecular flexibility index (Phi) is 2.96. The minimum atomic E-state index is 0.697. The molecule has 0 aliphatic heterocycles. The fourth-order valence-corrected chi connectivity index (χ4v) is 2.24. The largest absolute Gasteiger partial charge is 0.328 e. The van der Waals surface area contributed by atoms with Gasteiger partial charge in [-0.15, -0.1) is 0 Å². The van der Waals surface area contributed by atoms with Crippen molar-refractivity contribution in [2.24, 2.45) is 5.92 Å². The van der Waals surface area contributed by atoms with Crippen molar-refractivity contribution < 1.29 is 4.79 Å². The maximum Gasteiger partial charge on any atom is 0.168 e. The van der Waals surface area contributed by atoms with Crippen molar-refractivity contribution in [1.29, 1.82) is 0 Å². The summed E-state index contributed by atoms with van der Waals surface area (Å²) in [5, 5.41) is 0. The van der Waals surface area contributed by atoms with E-state index >= 15 is 0 Å². The van der Waals surface area contributed by atoms with E-state index in [-0.39, 0.29) is 0 Å². The highest BCUT2D eigenvalue weighted by atomic mass is 16.1. The average Bonchev–Trinajstić information content (AvgIpc) is 2.85. The first-order chi connectivity index (χ1) is 6.90. The van der Waals surface area contributed by atoms with Gasteiger partial charge in [-0.25, -0.2) is 4.98 Å². The number of hydrogen-bond donors (Lipinski definition) is 0. The van der Waals surface area contributed by atoms with Crippen LogP contribution in [0.2, 0.25) is 0 Å². The lowest BCUT2D eigenvalue weighted by atomic mass is 10.0. The molecule has 1 aromatic rings. The zero-order chi connectivity index (χ0) is 9.80. The van der Waals surface area contributed by atoms with E-state index in [4.69, 9.17) is 0 Å². The molecule has 1 aliphatic rings. The van der Waals surface area contributed by atoms with Crippen LogP contribution >= 0.6 is 0 Å². The minimum Gasteiger partial charge on any atom is -0.328 e. The predicted molar refractivity (Wildman–Crippen MR) is 54.2 cm³/mol. The summed E-state index contributed by atoms with van der Waals surface area (Å²) < 4.78 is 1.95. The van der Waals surface area contributed by atoms with E-state index in [0.717, 1.165) is 18.7 Å². The van der Waals surface area contributed by atoms with Crippen molar-refractivity contribution in [3.63, 3.8) is 0 Å². The Morgan fingerprint density at radius 2 is 2.29 bits per heavy atom. The summed E-state index contributed by atoms with van der Waals surface area (Å²) in [4.78, 5) is 14.6.